The molecule has 0 aromatic carbocycles. The minimum absolute atomic E-state index is 0.00534. The zero-order valence-electron chi connectivity index (χ0n) is 36.4. The number of hydrogen-bond donors (Lipinski definition) is 2. The highest BCUT2D eigenvalue weighted by molar-refractivity contribution is 5.80. The molecule has 6 heteroatoms. The van der Waals surface area contributed by atoms with E-state index in [2.05, 4.69) is 19.2 Å². The number of carbonyl (C=O) groups excluding carboxylic acids is 2. The van der Waals surface area contributed by atoms with Crippen molar-refractivity contribution in [3.8, 4) is 0 Å². The van der Waals surface area contributed by atoms with Gasteiger partial charge in [0.2, 0.25) is 5.91 Å². The van der Waals surface area contributed by atoms with Crippen LogP contribution in [-0.4, -0.2) is 35.6 Å². The number of ether oxygens (including phenoxy) is 1. The topological polar surface area (TPSA) is 92.7 Å². The first-order valence-electron chi connectivity index (χ1n) is 24.2. The van der Waals surface area contributed by atoms with Crippen molar-refractivity contribution in [1.29, 1.82) is 0 Å². The predicted octanol–water partition coefficient (Wildman–Crippen LogP) is 15.1. The molecular weight excluding hydrogens is 671 g/mol. The number of nitrogens with one attached hydrogen (secondary N) is 1. The summed E-state index contributed by atoms with van der Waals surface area (Å²) in [6.45, 7) is 4.26. The van der Waals surface area contributed by atoms with Gasteiger partial charge in [0, 0.05) is 12.8 Å². The van der Waals surface area contributed by atoms with Crippen LogP contribution in [-0.2, 0) is 19.1 Å². The second-order valence-corrected chi connectivity index (χ2v) is 16.7. The highest BCUT2D eigenvalue weighted by Gasteiger charge is 2.14. The van der Waals surface area contributed by atoms with Crippen LogP contribution < -0.4 is 5.32 Å². The van der Waals surface area contributed by atoms with Crippen molar-refractivity contribution in [3.05, 3.63) is 0 Å². The Labute approximate surface area is 336 Å². The maximum atomic E-state index is 12.8. The lowest BCUT2D eigenvalue weighted by molar-refractivity contribution is -0.150. The first-order chi connectivity index (χ1) is 26.5. The van der Waals surface area contributed by atoms with Crippen LogP contribution in [0, 0.1) is 0 Å². The van der Waals surface area contributed by atoms with E-state index in [0.29, 0.717) is 12.8 Å². The van der Waals surface area contributed by atoms with E-state index in [1.54, 1.807) is 0 Å². The van der Waals surface area contributed by atoms with Crippen molar-refractivity contribution in [3.63, 3.8) is 0 Å². The Balaban J connectivity index is 4.07. The van der Waals surface area contributed by atoms with Gasteiger partial charge in [-0.25, -0.2) is 0 Å². The molecule has 0 fully saturated rings. The Kier molecular flexibility index (Phi) is 42.8. The molecule has 0 heterocycles. The summed E-state index contributed by atoms with van der Waals surface area (Å²) >= 11 is 0. The molecule has 6 nitrogen and oxygen atoms in total. The van der Waals surface area contributed by atoms with Crippen LogP contribution >= 0.6 is 0 Å². The van der Waals surface area contributed by atoms with Gasteiger partial charge in [0.15, 0.2) is 0 Å². The van der Waals surface area contributed by atoms with Gasteiger partial charge in [0.25, 0.3) is 0 Å². The Bertz CT molecular complexity index is 802. The predicted molar refractivity (Wildman–Crippen MR) is 231 cm³/mol. The number of esters is 1. The molecule has 1 atom stereocenters. The molecule has 0 aliphatic carbocycles. The van der Waals surface area contributed by atoms with Crippen molar-refractivity contribution in [2.45, 2.75) is 283 Å². The van der Waals surface area contributed by atoms with Gasteiger partial charge in [-0.15, -0.1) is 0 Å². The van der Waals surface area contributed by atoms with E-state index in [-0.39, 0.29) is 24.5 Å². The van der Waals surface area contributed by atoms with Gasteiger partial charge in [-0.2, -0.15) is 0 Å². The van der Waals surface area contributed by atoms with Crippen LogP contribution in [0.25, 0.3) is 0 Å². The molecule has 1 unspecified atom stereocenters. The Morgan fingerprint density at radius 1 is 0.407 bits per heavy atom. The summed E-state index contributed by atoms with van der Waals surface area (Å²) in [5.41, 5.74) is 0. The van der Waals surface area contributed by atoms with Crippen LogP contribution in [0.15, 0.2) is 0 Å². The van der Waals surface area contributed by atoms with E-state index < -0.39 is 5.97 Å². The molecule has 0 saturated heterocycles. The smallest absolute Gasteiger partial charge is 0.322 e. The molecule has 0 aliphatic rings. The molecule has 0 aliphatic heterocycles. The van der Waals surface area contributed by atoms with Gasteiger partial charge >= 0.3 is 11.9 Å². The van der Waals surface area contributed by atoms with Crippen molar-refractivity contribution >= 4 is 17.8 Å². The van der Waals surface area contributed by atoms with Crippen LogP contribution in [0.1, 0.15) is 277 Å². The zero-order valence-corrected chi connectivity index (χ0v) is 36.4. The number of amides is 1. The number of carbonyl (C=O) groups is 3. The maximum absolute atomic E-state index is 12.8. The fraction of sp³-hybridized carbons (Fsp3) is 0.938. The highest BCUT2D eigenvalue weighted by Crippen LogP contribution is 2.20. The van der Waals surface area contributed by atoms with Crippen molar-refractivity contribution in [2.24, 2.45) is 0 Å². The van der Waals surface area contributed by atoms with Gasteiger partial charge < -0.3 is 15.2 Å². The summed E-state index contributed by atoms with van der Waals surface area (Å²) in [4.78, 5) is 35.1. The van der Waals surface area contributed by atoms with E-state index in [9.17, 15) is 14.4 Å². The lowest BCUT2D eigenvalue weighted by Crippen LogP contribution is -2.28. The average molecular weight is 764 g/mol. The van der Waals surface area contributed by atoms with E-state index in [1.807, 2.05) is 0 Å². The third-order valence-electron chi connectivity index (χ3n) is 11.3. The average Bonchev–Trinajstić information content (AvgIpc) is 3.16. The summed E-state index contributed by atoms with van der Waals surface area (Å²) in [7, 11) is 0. The lowest BCUT2D eigenvalue weighted by Gasteiger charge is -2.18. The van der Waals surface area contributed by atoms with Crippen LogP contribution in [0.3, 0.4) is 0 Å². The van der Waals surface area contributed by atoms with Gasteiger partial charge in [-0.3, -0.25) is 14.4 Å². The highest BCUT2D eigenvalue weighted by atomic mass is 16.5. The largest absolute Gasteiger partial charge is 0.480 e. The monoisotopic (exact) mass is 764 g/mol. The fourth-order valence-corrected chi connectivity index (χ4v) is 7.70. The van der Waals surface area contributed by atoms with Crippen molar-refractivity contribution in [2.75, 3.05) is 6.54 Å². The molecule has 320 valence electrons. The van der Waals surface area contributed by atoms with Gasteiger partial charge in [0.05, 0.1) is 0 Å². The molecule has 0 aromatic heterocycles. The molecule has 0 saturated carbocycles. The van der Waals surface area contributed by atoms with E-state index in [1.165, 1.54) is 186 Å². The summed E-state index contributed by atoms with van der Waals surface area (Å²) in [6.07, 6.45) is 51.0. The van der Waals surface area contributed by atoms with E-state index >= 15 is 0 Å². The normalized spacial score (nSPS) is 11.9. The molecule has 0 aromatic rings. The minimum atomic E-state index is -1.01. The van der Waals surface area contributed by atoms with Crippen LogP contribution in [0.5, 0.6) is 0 Å². The van der Waals surface area contributed by atoms with Crippen LogP contribution in [0.4, 0.5) is 0 Å². The van der Waals surface area contributed by atoms with Crippen molar-refractivity contribution in [1.82, 2.24) is 5.32 Å². The Morgan fingerprint density at radius 3 is 1.00 bits per heavy atom. The second kappa shape index (κ2) is 44.1. The zero-order chi connectivity index (χ0) is 39.4. The molecule has 0 spiro atoms. The van der Waals surface area contributed by atoms with E-state index in [4.69, 9.17) is 9.84 Å². The Hall–Kier alpha value is -1.59. The number of unbranched alkanes of at least 4 members (excludes halogenated alkanes) is 34. The number of carboxylic acids is 1. The first-order valence-corrected chi connectivity index (χ1v) is 24.2. The fourth-order valence-electron chi connectivity index (χ4n) is 7.70. The molecule has 54 heavy (non-hydrogen) atoms. The van der Waals surface area contributed by atoms with Gasteiger partial charge in [-0.05, 0) is 38.5 Å². The number of aliphatic carboxylic acids is 1. The van der Waals surface area contributed by atoms with Crippen LogP contribution in [0.2, 0.25) is 0 Å². The van der Waals surface area contributed by atoms with Gasteiger partial charge in [-0.1, -0.05) is 226 Å². The third kappa shape index (κ3) is 43.1. The number of rotatable bonds is 45. The molecule has 0 bridgehead atoms. The summed E-state index contributed by atoms with van der Waals surface area (Å²) in [5.74, 6) is -1.20. The van der Waals surface area contributed by atoms with Gasteiger partial charge in [0.1, 0.15) is 12.6 Å². The molecule has 1 amide bonds. The summed E-state index contributed by atoms with van der Waals surface area (Å²) in [6, 6.07) is 0. The second-order valence-electron chi connectivity index (χ2n) is 16.7. The third-order valence-corrected chi connectivity index (χ3v) is 11.3. The quantitative estimate of drug-likeness (QED) is 0.0476. The first kappa shape index (κ1) is 52.4. The molecule has 2 N–H and O–H groups in total. The number of hydrogen-bond acceptors (Lipinski definition) is 4. The standard InChI is InChI=1S/C48H93NO5/c1-3-5-7-9-11-13-15-17-19-20-21-22-24-26-28-30-35-39-43-48(53)54-45(41-37-33-31-34-38-42-46(50)49-44-47(51)52)40-36-32-29-27-25-23-18-16-14-12-10-8-6-4-2/h45H,3-44H2,1-2H3,(H,49,50)(H,51,52). The lowest BCUT2D eigenvalue weighted by atomic mass is 10.0. The maximum Gasteiger partial charge on any atom is 0.322 e. The number of carboxylic acid groups (broad SMARTS) is 1. The van der Waals surface area contributed by atoms with Crippen molar-refractivity contribution < 1.29 is 24.2 Å². The minimum Gasteiger partial charge on any atom is -0.480 e. The molecular formula is C48H93NO5. The SMILES string of the molecule is CCCCCCCCCCCCCCCCCCCCC(=O)OC(CCCCCCCCCCCCCCCC)CCCCCCCC(=O)NCC(=O)O. The summed E-state index contributed by atoms with van der Waals surface area (Å²) in [5, 5.41) is 11.1. The summed E-state index contributed by atoms with van der Waals surface area (Å²) < 4.78 is 6.06. The molecule has 0 radical (unpaired) electrons. The van der Waals surface area contributed by atoms with E-state index in [0.717, 1.165) is 64.2 Å². The molecule has 0 rings (SSSR count). The Morgan fingerprint density at radius 2 is 0.685 bits per heavy atom.